The minimum atomic E-state index is 0.626. The number of hydrogen-bond acceptors (Lipinski definition) is 1. The van der Waals surface area contributed by atoms with Crippen molar-refractivity contribution in [3.63, 3.8) is 0 Å². The second-order valence-electron chi connectivity index (χ2n) is 12.4. The van der Waals surface area contributed by atoms with Gasteiger partial charge in [-0.1, -0.05) is 129 Å². The van der Waals surface area contributed by atoms with Crippen molar-refractivity contribution >= 4 is 0 Å². The Balaban J connectivity index is 1.51. The van der Waals surface area contributed by atoms with Gasteiger partial charge in [0.1, 0.15) is 5.75 Å². The highest BCUT2D eigenvalue weighted by molar-refractivity contribution is 5.75. The van der Waals surface area contributed by atoms with Gasteiger partial charge >= 0.3 is 0 Å². The summed E-state index contributed by atoms with van der Waals surface area (Å²) in [6.45, 7) is 14.6. The molecule has 0 atom stereocenters. The lowest BCUT2D eigenvalue weighted by atomic mass is 9.80. The van der Waals surface area contributed by atoms with Crippen LogP contribution in [-0.4, -0.2) is 6.61 Å². The molecule has 0 saturated heterocycles. The van der Waals surface area contributed by atoms with E-state index < -0.39 is 0 Å². The van der Waals surface area contributed by atoms with E-state index in [-0.39, 0.29) is 0 Å². The van der Waals surface area contributed by atoms with Crippen LogP contribution in [0.25, 0.3) is 22.3 Å². The lowest BCUT2D eigenvalue weighted by molar-refractivity contribution is 0.236. The number of rotatable bonds is 13. The van der Waals surface area contributed by atoms with E-state index in [4.69, 9.17) is 4.74 Å². The molecule has 40 heavy (non-hydrogen) atoms. The van der Waals surface area contributed by atoms with Crippen molar-refractivity contribution in [3.8, 4) is 28.0 Å². The summed E-state index contributed by atoms with van der Waals surface area (Å²) >= 11 is 0. The quantitative estimate of drug-likeness (QED) is 0.210. The van der Waals surface area contributed by atoms with Crippen molar-refractivity contribution in [2.75, 3.05) is 6.61 Å². The van der Waals surface area contributed by atoms with E-state index in [0.717, 1.165) is 43.5 Å². The summed E-state index contributed by atoms with van der Waals surface area (Å²) in [5, 5.41) is 0. The predicted octanol–water partition coefficient (Wildman–Crippen LogP) is 11.3. The van der Waals surface area contributed by atoms with E-state index in [1.807, 2.05) is 0 Å². The van der Waals surface area contributed by atoms with E-state index in [9.17, 15) is 0 Å². The second-order valence-corrected chi connectivity index (χ2v) is 12.4. The Hall–Kier alpha value is -2.54. The standard InChI is InChI=1S/C39H54O/c1-7-29(8-2)27-40-39-32(9-3)26-38(36(10-4)37(39)11-5)35-24-22-34(23-25-35)33-20-18-31(19-21-33)17-16-30-14-12-28(6)13-15-30/h18-26,28-30H,7-17,27H2,1-6H3. The molecular formula is C39H54O. The normalized spacial score (nSPS) is 17.4. The van der Waals surface area contributed by atoms with Crippen molar-refractivity contribution in [2.24, 2.45) is 17.8 Å². The molecule has 0 bridgehead atoms. The van der Waals surface area contributed by atoms with Gasteiger partial charge in [-0.3, -0.25) is 0 Å². The van der Waals surface area contributed by atoms with Gasteiger partial charge in [0.05, 0.1) is 6.61 Å². The molecule has 1 heteroatoms. The molecule has 0 N–H and O–H groups in total. The Morgan fingerprint density at radius 2 is 1.27 bits per heavy atom. The molecule has 216 valence electrons. The van der Waals surface area contributed by atoms with Crippen LogP contribution in [-0.2, 0) is 25.7 Å². The molecule has 1 saturated carbocycles. The monoisotopic (exact) mass is 538 g/mol. The Morgan fingerprint density at radius 1 is 0.700 bits per heavy atom. The summed E-state index contributed by atoms with van der Waals surface area (Å²) in [6.07, 6.45) is 13.6. The molecule has 0 radical (unpaired) electrons. The van der Waals surface area contributed by atoms with E-state index in [2.05, 4.69) is 96.1 Å². The van der Waals surface area contributed by atoms with Crippen molar-refractivity contribution in [1.29, 1.82) is 0 Å². The third-order valence-electron chi connectivity index (χ3n) is 9.74. The molecule has 0 amide bonds. The average molecular weight is 539 g/mol. The maximum absolute atomic E-state index is 6.57. The maximum Gasteiger partial charge on any atom is 0.125 e. The van der Waals surface area contributed by atoms with Crippen LogP contribution in [0.4, 0.5) is 0 Å². The van der Waals surface area contributed by atoms with Gasteiger partial charge in [0.2, 0.25) is 0 Å². The fourth-order valence-electron chi connectivity index (χ4n) is 6.72. The Kier molecular flexibility index (Phi) is 11.3. The summed E-state index contributed by atoms with van der Waals surface area (Å²) in [6, 6.07) is 21.0. The molecule has 1 aliphatic rings. The summed E-state index contributed by atoms with van der Waals surface area (Å²) in [5.74, 6) is 3.66. The lowest BCUT2D eigenvalue weighted by Gasteiger charge is -2.26. The molecule has 0 heterocycles. The zero-order valence-electron chi connectivity index (χ0n) is 26.3. The zero-order valence-corrected chi connectivity index (χ0v) is 26.3. The molecular weight excluding hydrogens is 484 g/mol. The molecule has 1 aliphatic carbocycles. The van der Waals surface area contributed by atoms with E-state index in [0.29, 0.717) is 5.92 Å². The molecule has 0 spiro atoms. The highest BCUT2D eigenvalue weighted by Crippen LogP contribution is 2.38. The highest BCUT2D eigenvalue weighted by Gasteiger charge is 2.20. The molecule has 0 unspecified atom stereocenters. The summed E-state index contributed by atoms with van der Waals surface area (Å²) in [7, 11) is 0. The first kappa shape index (κ1) is 30.4. The van der Waals surface area contributed by atoms with Crippen molar-refractivity contribution in [3.05, 3.63) is 76.9 Å². The van der Waals surface area contributed by atoms with Gasteiger partial charge < -0.3 is 4.74 Å². The molecule has 0 aromatic heterocycles. The lowest BCUT2D eigenvalue weighted by Crippen LogP contribution is -2.13. The van der Waals surface area contributed by atoms with Gasteiger partial charge in [-0.25, -0.2) is 0 Å². The Bertz CT molecular complexity index is 1170. The van der Waals surface area contributed by atoms with Crippen molar-refractivity contribution < 1.29 is 4.74 Å². The van der Waals surface area contributed by atoms with Gasteiger partial charge in [0, 0.05) is 0 Å². The number of hydrogen-bond donors (Lipinski definition) is 0. The van der Waals surface area contributed by atoms with Gasteiger partial charge in [-0.05, 0) is 100 Å². The van der Waals surface area contributed by atoms with Crippen LogP contribution in [0.3, 0.4) is 0 Å². The first-order valence-electron chi connectivity index (χ1n) is 16.5. The number of benzene rings is 3. The van der Waals surface area contributed by atoms with Crippen molar-refractivity contribution in [1.82, 2.24) is 0 Å². The van der Waals surface area contributed by atoms with Crippen LogP contribution in [0.15, 0.2) is 54.6 Å². The molecule has 1 fully saturated rings. The fraction of sp³-hybridized carbons (Fsp3) is 0.538. The van der Waals surface area contributed by atoms with Gasteiger partial charge in [0.15, 0.2) is 0 Å². The average Bonchev–Trinajstić information content (AvgIpc) is 3.01. The van der Waals surface area contributed by atoms with Crippen molar-refractivity contribution in [2.45, 2.75) is 112 Å². The van der Waals surface area contributed by atoms with E-state index >= 15 is 0 Å². The van der Waals surface area contributed by atoms with Crippen LogP contribution in [0, 0.1) is 17.8 Å². The number of aryl methyl sites for hydroxylation is 2. The van der Waals surface area contributed by atoms with Crippen LogP contribution < -0.4 is 4.74 Å². The van der Waals surface area contributed by atoms with Gasteiger partial charge in [-0.2, -0.15) is 0 Å². The second kappa shape index (κ2) is 14.9. The number of ether oxygens (including phenoxy) is 1. The van der Waals surface area contributed by atoms with Crippen LogP contribution in [0.5, 0.6) is 5.75 Å². The van der Waals surface area contributed by atoms with Crippen LogP contribution >= 0.6 is 0 Å². The highest BCUT2D eigenvalue weighted by atomic mass is 16.5. The summed E-state index contributed by atoms with van der Waals surface area (Å²) < 4.78 is 6.57. The molecule has 3 aromatic carbocycles. The zero-order chi connectivity index (χ0) is 28.5. The molecule has 0 aliphatic heterocycles. The maximum atomic E-state index is 6.57. The molecule has 4 rings (SSSR count). The van der Waals surface area contributed by atoms with Gasteiger partial charge in [0.25, 0.3) is 0 Å². The van der Waals surface area contributed by atoms with Gasteiger partial charge in [-0.15, -0.1) is 0 Å². The molecule has 1 nitrogen and oxygen atoms in total. The SMILES string of the molecule is CCc1cc(-c2ccc(-c3ccc(CCC4CCC(C)CC4)cc3)cc2)c(CC)c(CC)c1OCC(CC)CC. The summed E-state index contributed by atoms with van der Waals surface area (Å²) in [4.78, 5) is 0. The predicted molar refractivity (Wildman–Crippen MR) is 174 cm³/mol. The topological polar surface area (TPSA) is 9.23 Å². The molecule has 3 aromatic rings. The van der Waals surface area contributed by atoms with Crippen LogP contribution in [0.1, 0.15) is 109 Å². The minimum Gasteiger partial charge on any atom is -0.493 e. The van der Waals surface area contributed by atoms with Crippen LogP contribution in [0.2, 0.25) is 0 Å². The first-order chi connectivity index (χ1) is 19.5. The van der Waals surface area contributed by atoms with E-state index in [1.54, 1.807) is 0 Å². The smallest absolute Gasteiger partial charge is 0.125 e. The van der Waals surface area contributed by atoms with E-state index in [1.165, 1.54) is 95.9 Å². The Labute approximate surface area is 245 Å². The fourth-order valence-corrected chi connectivity index (χ4v) is 6.72. The minimum absolute atomic E-state index is 0.626. The third-order valence-corrected chi connectivity index (χ3v) is 9.74. The largest absolute Gasteiger partial charge is 0.493 e. The Morgan fingerprint density at radius 3 is 1.82 bits per heavy atom. The summed E-state index contributed by atoms with van der Waals surface area (Å²) in [5.41, 5.74) is 11.0. The first-order valence-corrected chi connectivity index (χ1v) is 16.5. The third kappa shape index (κ3) is 7.39.